The van der Waals surface area contributed by atoms with Crippen molar-refractivity contribution in [2.45, 2.75) is 115 Å². The molecule has 3 N–H and O–H groups in total. The third kappa shape index (κ3) is 7.33. The van der Waals surface area contributed by atoms with Crippen molar-refractivity contribution < 1.29 is 38.8 Å². The number of nitrogens with one attached hydrogen (secondary N) is 1. The molecular formula is C36H48N2O8. The number of carbonyl (C=O) groups is 3. The number of hydrogen-bond acceptors (Lipinski definition) is 8. The van der Waals surface area contributed by atoms with Gasteiger partial charge < -0.3 is 29.7 Å². The van der Waals surface area contributed by atoms with Gasteiger partial charge >= 0.3 is 5.97 Å². The van der Waals surface area contributed by atoms with Gasteiger partial charge in [-0.15, -0.1) is 0 Å². The fourth-order valence-electron chi connectivity index (χ4n) is 7.15. The summed E-state index contributed by atoms with van der Waals surface area (Å²) in [6.07, 6.45) is 13.4. The van der Waals surface area contributed by atoms with E-state index in [0.717, 1.165) is 43.2 Å². The van der Waals surface area contributed by atoms with E-state index in [9.17, 15) is 24.6 Å². The second-order valence-corrected chi connectivity index (χ2v) is 13.1. The van der Waals surface area contributed by atoms with Crippen molar-refractivity contribution in [3.63, 3.8) is 0 Å². The number of allylic oxidation sites excluding steroid dienone is 3. The van der Waals surface area contributed by atoms with Crippen LogP contribution in [0.3, 0.4) is 0 Å². The summed E-state index contributed by atoms with van der Waals surface area (Å²) in [4.78, 5) is 40.8. The number of anilines is 1. The zero-order chi connectivity index (χ0) is 33.0. The molecule has 0 radical (unpaired) electrons. The number of aliphatic hydroxyl groups is 1. The molecule has 3 heterocycles. The Morgan fingerprint density at radius 3 is 2.63 bits per heavy atom. The number of fused-ring (bicyclic) bond motifs is 4. The molecule has 7 unspecified atom stereocenters. The van der Waals surface area contributed by atoms with Gasteiger partial charge in [0.05, 0.1) is 24.3 Å². The van der Waals surface area contributed by atoms with Crippen LogP contribution in [0.1, 0.15) is 77.7 Å². The molecule has 7 atom stereocenters. The van der Waals surface area contributed by atoms with Crippen molar-refractivity contribution in [3.05, 3.63) is 53.6 Å². The predicted molar refractivity (Wildman–Crippen MR) is 173 cm³/mol. The number of methoxy groups -OCH3 is 1. The van der Waals surface area contributed by atoms with Crippen molar-refractivity contribution in [3.8, 4) is 11.5 Å². The maximum Gasteiger partial charge on any atom is 0.328 e. The minimum absolute atomic E-state index is 0.0410. The Balaban J connectivity index is 1.38. The van der Waals surface area contributed by atoms with Gasteiger partial charge in [0.1, 0.15) is 35.8 Å². The number of hydrogen-bond donors (Lipinski definition) is 3. The van der Waals surface area contributed by atoms with Crippen molar-refractivity contribution in [1.82, 2.24) is 5.32 Å². The zero-order valence-electron chi connectivity index (χ0n) is 27.3. The smallest absolute Gasteiger partial charge is 0.328 e. The average molecular weight is 637 g/mol. The predicted octanol–water partition coefficient (Wildman–Crippen LogP) is 4.66. The van der Waals surface area contributed by atoms with Crippen LogP contribution < -0.4 is 15.0 Å². The van der Waals surface area contributed by atoms with Gasteiger partial charge in [0.2, 0.25) is 11.8 Å². The normalized spacial score (nSPS) is 31.9. The lowest BCUT2D eigenvalue weighted by atomic mass is 9.88. The van der Waals surface area contributed by atoms with Crippen LogP contribution >= 0.6 is 0 Å². The van der Waals surface area contributed by atoms with Crippen LogP contribution in [0, 0.1) is 11.8 Å². The highest BCUT2D eigenvalue weighted by atomic mass is 16.5. The maximum absolute atomic E-state index is 13.2. The van der Waals surface area contributed by atoms with Crippen molar-refractivity contribution >= 4 is 23.5 Å². The molecular weight excluding hydrogens is 588 g/mol. The van der Waals surface area contributed by atoms with Crippen LogP contribution in [0.4, 0.5) is 5.69 Å². The van der Waals surface area contributed by atoms with E-state index in [0.29, 0.717) is 30.7 Å². The maximum atomic E-state index is 13.2. The van der Waals surface area contributed by atoms with Crippen LogP contribution in [0.2, 0.25) is 0 Å². The van der Waals surface area contributed by atoms with E-state index in [-0.39, 0.29) is 36.0 Å². The Morgan fingerprint density at radius 1 is 1.13 bits per heavy atom. The number of aromatic hydroxyl groups is 1. The van der Waals surface area contributed by atoms with Gasteiger partial charge in [-0.05, 0) is 57.2 Å². The van der Waals surface area contributed by atoms with Gasteiger partial charge in [0.25, 0.3) is 0 Å². The number of ether oxygens (including phenoxy) is 3. The van der Waals surface area contributed by atoms with Gasteiger partial charge in [0.15, 0.2) is 0 Å². The summed E-state index contributed by atoms with van der Waals surface area (Å²) in [7, 11) is 1.58. The van der Waals surface area contributed by atoms with E-state index in [1.165, 1.54) is 0 Å². The highest BCUT2D eigenvalue weighted by molar-refractivity contribution is 5.99. The number of aliphatic hydroxyl groups excluding tert-OH is 1. The molecule has 10 heteroatoms. The van der Waals surface area contributed by atoms with Gasteiger partial charge in [-0.1, -0.05) is 50.5 Å². The van der Waals surface area contributed by atoms with E-state index in [4.69, 9.17) is 14.2 Å². The Bertz CT molecular complexity index is 1380. The van der Waals surface area contributed by atoms with Gasteiger partial charge in [-0.3, -0.25) is 14.5 Å². The van der Waals surface area contributed by atoms with E-state index >= 15 is 0 Å². The second-order valence-electron chi connectivity index (χ2n) is 13.1. The Hall–Kier alpha value is -3.63. The summed E-state index contributed by atoms with van der Waals surface area (Å²) < 4.78 is 18.2. The third-order valence-corrected chi connectivity index (χ3v) is 9.91. The Kier molecular flexibility index (Phi) is 10.9. The molecule has 5 rings (SSSR count). The molecule has 46 heavy (non-hydrogen) atoms. The number of phenols is 1. The first-order valence-electron chi connectivity index (χ1n) is 16.6. The molecule has 2 amide bonds. The lowest BCUT2D eigenvalue weighted by Crippen LogP contribution is -2.51. The molecule has 2 bridgehead atoms. The zero-order valence-corrected chi connectivity index (χ0v) is 27.3. The number of carbonyl (C=O) groups excluding carboxylic acids is 3. The van der Waals surface area contributed by atoms with Crippen LogP contribution in [0.15, 0.2) is 48.1 Å². The van der Waals surface area contributed by atoms with Gasteiger partial charge in [-0.2, -0.15) is 0 Å². The van der Waals surface area contributed by atoms with Gasteiger partial charge in [-0.25, -0.2) is 4.79 Å². The first kappa shape index (κ1) is 33.7. The summed E-state index contributed by atoms with van der Waals surface area (Å²) in [6, 6.07) is 2.01. The molecule has 1 aromatic carbocycles. The topological polar surface area (TPSA) is 135 Å². The summed E-state index contributed by atoms with van der Waals surface area (Å²) in [5, 5.41) is 24.8. The minimum Gasteiger partial charge on any atom is -0.508 e. The molecule has 10 nitrogen and oxygen atoms in total. The number of nitrogens with zero attached hydrogens (tertiary/aromatic N) is 1. The molecule has 3 aliphatic heterocycles. The first-order chi connectivity index (χ1) is 22.1. The highest BCUT2D eigenvalue weighted by Gasteiger charge is 2.49. The standard InChI is InChI=1S/C36H48N2O8/c1-21-12-11-15-25-18-26(39)19-27-34(25)45-29(32-30(44-4)20-31(40)38(27)32)17-10-6-9-16-28(22(2)33(21)41)46-36(43)23(3)37-35(42)24-13-7-5-8-14-24/h6,9-10,12,17-19,22-24,28-30,32-33,39,41H,5,7-8,11,13-16,20H2,1-4H3,(H,37,42)/b9-6-,17-10-,21-12-. The second kappa shape index (κ2) is 14.9. The van der Waals surface area contributed by atoms with Crippen LogP contribution in [0.25, 0.3) is 0 Å². The lowest BCUT2D eigenvalue weighted by molar-refractivity contribution is -0.156. The fraction of sp³-hybridized carbons (Fsp3) is 0.583. The molecule has 4 aliphatic rings. The third-order valence-electron chi connectivity index (χ3n) is 9.91. The molecule has 2 fully saturated rings. The van der Waals surface area contributed by atoms with Crippen LogP contribution in [-0.2, 0) is 30.3 Å². The molecule has 1 aliphatic carbocycles. The van der Waals surface area contributed by atoms with Crippen molar-refractivity contribution in [1.29, 1.82) is 0 Å². The number of esters is 1. The quantitative estimate of drug-likeness (QED) is 0.314. The minimum atomic E-state index is -0.880. The number of rotatable bonds is 5. The molecule has 1 saturated carbocycles. The number of benzene rings is 1. The van der Waals surface area contributed by atoms with Crippen molar-refractivity contribution in [2.75, 3.05) is 12.0 Å². The molecule has 250 valence electrons. The van der Waals surface area contributed by atoms with E-state index in [1.807, 2.05) is 44.2 Å². The monoisotopic (exact) mass is 636 g/mol. The highest BCUT2D eigenvalue weighted by Crippen LogP contribution is 2.46. The fourth-order valence-corrected chi connectivity index (χ4v) is 7.15. The first-order valence-corrected chi connectivity index (χ1v) is 16.6. The summed E-state index contributed by atoms with van der Waals surface area (Å²) in [5.41, 5.74) is 2.02. The van der Waals surface area contributed by atoms with Crippen molar-refractivity contribution in [2.24, 2.45) is 11.8 Å². The molecule has 0 spiro atoms. The summed E-state index contributed by atoms with van der Waals surface area (Å²) in [6.45, 7) is 5.34. The van der Waals surface area contributed by atoms with Crippen LogP contribution in [-0.4, -0.2) is 71.6 Å². The van der Waals surface area contributed by atoms with Gasteiger partial charge in [0, 0.05) is 37.0 Å². The summed E-state index contributed by atoms with van der Waals surface area (Å²) >= 11 is 0. The number of amides is 2. The van der Waals surface area contributed by atoms with E-state index in [2.05, 4.69) is 5.32 Å². The van der Waals surface area contributed by atoms with E-state index in [1.54, 1.807) is 31.1 Å². The SMILES string of the molecule is COC1CC(=O)N2c3cc(O)cc4c3OC(/C=C\C=C/CC(OC(=O)C(C)NC(=O)C3CCCCC3)C(C)C(O)/C(C)=C\CC4)C12. The summed E-state index contributed by atoms with van der Waals surface area (Å²) in [5.74, 6) is -0.638. The largest absolute Gasteiger partial charge is 0.508 e. The molecule has 0 aromatic heterocycles. The van der Waals surface area contributed by atoms with Crippen LogP contribution in [0.5, 0.6) is 11.5 Å². The Morgan fingerprint density at radius 2 is 1.89 bits per heavy atom. The molecule has 1 aromatic rings. The Labute approximate surface area is 271 Å². The number of phenolic OH excluding ortho intramolecular Hbond substituents is 1. The number of aryl methyl sites for hydroxylation is 1. The molecule has 1 saturated heterocycles. The lowest BCUT2D eigenvalue weighted by Gasteiger charge is -2.39. The van der Waals surface area contributed by atoms with E-state index < -0.39 is 42.3 Å². The average Bonchev–Trinajstić information content (AvgIpc) is 3.39.